The number of hydrogen-bond acceptors (Lipinski definition) is 5. The second kappa shape index (κ2) is 6.31. The van der Waals surface area contributed by atoms with Crippen molar-refractivity contribution in [2.75, 3.05) is 12.4 Å². The van der Waals surface area contributed by atoms with E-state index in [1.807, 2.05) is 0 Å². The first-order valence-corrected chi connectivity index (χ1v) is 7.77. The van der Waals surface area contributed by atoms with Crippen LogP contribution in [-0.4, -0.2) is 25.7 Å². The Morgan fingerprint density at radius 1 is 1.53 bits per heavy atom. The number of ether oxygens (including phenoxy) is 1. The van der Waals surface area contributed by atoms with Gasteiger partial charge in [0.1, 0.15) is 0 Å². The minimum atomic E-state index is -3.58. The number of halogens is 1. The Morgan fingerprint density at radius 3 is 2.68 bits per heavy atom. The van der Waals surface area contributed by atoms with E-state index in [0.29, 0.717) is 4.47 Å². The van der Waals surface area contributed by atoms with Crippen molar-refractivity contribution in [2.24, 2.45) is 11.1 Å². The summed E-state index contributed by atoms with van der Waals surface area (Å²) in [6.45, 7) is 1.66. The van der Waals surface area contributed by atoms with Crippen LogP contribution in [0.4, 0.5) is 5.69 Å². The van der Waals surface area contributed by atoms with Crippen LogP contribution in [0.15, 0.2) is 22.7 Å². The van der Waals surface area contributed by atoms with Gasteiger partial charge in [0.2, 0.25) is 10.0 Å². The monoisotopic (exact) mass is 352 g/mol. The molecule has 0 radical (unpaired) electrons. The van der Waals surface area contributed by atoms with Gasteiger partial charge in [-0.3, -0.25) is 10.1 Å². The van der Waals surface area contributed by atoms with E-state index in [-0.39, 0.29) is 29.7 Å². The third kappa shape index (κ3) is 5.53. The molecule has 0 spiro atoms. The van der Waals surface area contributed by atoms with E-state index in [4.69, 9.17) is 9.88 Å². The van der Waals surface area contributed by atoms with Gasteiger partial charge in [0.25, 0.3) is 0 Å². The molecule has 1 aromatic carbocycles. The number of nitrogens with zero attached hydrogens (tertiary/aromatic N) is 1. The van der Waals surface area contributed by atoms with E-state index in [0.717, 1.165) is 0 Å². The Morgan fingerprint density at radius 2 is 2.16 bits per heavy atom. The fourth-order valence-electron chi connectivity index (χ4n) is 1.43. The van der Waals surface area contributed by atoms with Gasteiger partial charge in [-0.05, 0) is 12.1 Å². The zero-order valence-electron chi connectivity index (χ0n) is 10.1. The minimum Gasteiger partial charge on any atom is -0.486 e. The van der Waals surface area contributed by atoms with Gasteiger partial charge in [-0.25, -0.2) is 13.6 Å². The van der Waals surface area contributed by atoms with Crippen molar-refractivity contribution in [1.82, 2.24) is 0 Å². The van der Waals surface area contributed by atoms with Crippen LogP contribution in [0.3, 0.4) is 0 Å². The Bertz CT molecular complexity index is 575. The lowest BCUT2D eigenvalue weighted by Gasteiger charge is -2.12. The number of benzene rings is 1. The van der Waals surface area contributed by atoms with Crippen molar-refractivity contribution >= 4 is 31.6 Å². The maximum absolute atomic E-state index is 10.9. The number of nitrogens with two attached hydrogens (primary N) is 1. The fourth-order valence-corrected chi connectivity index (χ4v) is 2.67. The zero-order valence-corrected chi connectivity index (χ0v) is 12.5. The molecular formula is C10H13BrN2O5S. The van der Waals surface area contributed by atoms with Crippen LogP contribution in [0.5, 0.6) is 5.75 Å². The molecule has 0 heterocycles. The highest BCUT2D eigenvalue weighted by atomic mass is 79.9. The van der Waals surface area contributed by atoms with Crippen molar-refractivity contribution in [1.29, 1.82) is 0 Å². The lowest BCUT2D eigenvalue weighted by Crippen LogP contribution is -2.25. The highest BCUT2D eigenvalue weighted by Gasteiger charge is 2.18. The topological polar surface area (TPSA) is 113 Å². The van der Waals surface area contributed by atoms with Gasteiger partial charge in [0.05, 0.1) is 17.3 Å². The summed E-state index contributed by atoms with van der Waals surface area (Å²) in [5.41, 5.74) is -0.183. The van der Waals surface area contributed by atoms with Gasteiger partial charge < -0.3 is 4.74 Å². The number of sulfonamides is 1. The van der Waals surface area contributed by atoms with Crippen LogP contribution in [-0.2, 0) is 10.0 Å². The predicted octanol–water partition coefficient (Wildman–Crippen LogP) is 1.66. The molecule has 0 amide bonds. The SMILES string of the molecule is CC(COc1ccc(Br)cc1[N+](=O)[O-])CS(N)(=O)=O. The van der Waals surface area contributed by atoms with E-state index < -0.39 is 14.9 Å². The summed E-state index contributed by atoms with van der Waals surface area (Å²) in [5.74, 6) is -0.509. The molecule has 1 rings (SSSR count). The van der Waals surface area contributed by atoms with Crippen molar-refractivity contribution in [3.63, 3.8) is 0 Å². The summed E-state index contributed by atoms with van der Waals surface area (Å²) in [6, 6.07) is 4.37. The van der Waals surface area contributed by atoms with Gasteiger partial charge in [-0.15, -0.1) is 0 Å². The summed E-state index contributed by atoms with van der Waals surface area (Å²) in [5, 5.41) is 15.7. The number of primary sulfonamides is 1. The van der Waals surface area contributed by atoms with E-state index >= 15 is 0 Å². The third-order valence-electron chi connectivity index (χ3n) is 2.16. The first-order valence-electron chi connectivity index (χ1n) is 5.26. The molecule has 9 heteroatoms. The average molecular weight is 353 g/mol. The van der Waals surface area contributed by atoms with Crippen LogP contribution < -0.4 is 9.88 Å². The summed E-state index contributed by atoms with van der Waals surface area (Å²) in [4.78, 5) is 10.3. The Hall–Kier alpha value is -1.19. The molecule has 106 valence electrons. The van der Waals surface area contributed by atoms with Crippen LogP contribution >= 0.6 is 15.9 Å². The molecule has 7 nitrogen and oxygen atoms in total. The summed E-state index contributed by atoms with van der Waals surface area (Å²) >= 11 is 3.13. The van der Waals surface area contributed by atoms with Gasteiger partial charge in [0.15, 0.2) is 5.75 Å². The maximum Gasteiger partial charge on any atom is 0.312 e. The highest BCUT2D eigenvalue weighted by molar-refractivity contribution is 9.10. The lowest BCUT2D eigenvalue weighted by molar-refractivity contribution is -0.386. The van der Waals surface area contributed by atoms with E-state index in [1.54, 1.807) is 13.0 Å². The second-order valence-corrected chi connectivity index (χ2v) is 6.69. The third-order valence-corrected chi connectivity index (χ3v) is 3.68. The first kappa shape index (κ1) is 15.9. The van der Waals surface area contributed by atoms with E-state index in [9.17, 15) is 18.5 Å². The minimum absolute atomic E-state index is 0.0267. The van der Waals surface area contributed by atoms with Crippen LogP contribution in [0.2, 0.25) is 0 Å². The predicted molar refractivity (Wildman–Crippen MR) is 73.4 cm³/mol. The molecule has 1 aromatic rings. The normalized spacial score (nSPS) is 13.0. The van der Waals surface area contributed by atoms with Gasteiger partial charge in [-0.2, -0.15) is 0 Å². The molecule has 0 aliphatic carbocycles. The summed E-state index contributed by atoms with van der Waals surface area (Å²) in [6.07, 6.45) is 0. The van der Waals surface area contributed by atoms with Gasteiger partial charge >= 0.3 is 5.69 Å². The molecule has 1 unspecified atom stereocenters. The molecule has 0 aliphatic heterocycles. The zero-order chi connectivity index (χ0) is 14.6. The van der Waals surface area contributed by atoms with Crippen molar-refractivity contribution in [3.05, 3.63) is 32.8 Å². The Balaban J connectivity index is 2.75. The quantitative estimate of drug-likeness (QED) is 0.617. The van der Waals surface area contributed by atoms with Crippen LogP contribution in [0.25, 0.3) is 0 Å². The summed E-state index contributed by atoms with van der Waals surface area (Å²) in [7, 11) is -3.58. The molecule has 0 aliphatic rings. The molecule has 0 bridgehead atoms. The fraction of sp³-hybridized carbons (Fsp3) is 0.400. The molecule has 0 aromatic heterocycles. The summed E-state index contributed by atoms with van der Waals surface area (Å²) < 4.78 is 27.6. The highest BCUT2D eigenvalue weighted by Crippen LogP contribution is 2.30. The van der Waals surface area contributed by atoms with Crippen molar-refractivity contribution < 1.29 is 18.1 Å². The molecule has 1 atom stereocenters. The van der Waals surface area contributed by atoms with E-state index in [1.165, 1.54) is 12.1 Å². The molecule has 0 fully saturated rings. The number of rotatable bonds is 6. The maximum atomic E-state index is 10.9. The average Bonchev–Trinajstić information content (AvgIpc) is 2.24. The molecular weight excluding hydrogens is 340 g/mol. The smallest absolute Gasteiger partial charge is 0.312 e. The lowest BCUT2D eigenvalue weighted by atomic mass is 10.2. The molecule has 19 heavy (non-hydrogen) atoms. The van der Waals surface area contributed by atoms with E-state index in [2.05, 4.69) is 15.9 Å². The molecule has 0 saturated carbocycles. The van der Waals surface area contributed by atoms with Crippen LogP contribution in [0, 0.1) is 16.0 Å². The van der Waals surface area contributed by atoms with Crippen LogP contribution in [0.1, 0.15) is 6.92 Å². The number of nitro benzene ring substituents is 1. The number of nitro groups is 1. The standard InChI is InChI=1S/C10H13BrN2O5S/c1-7(6-19(12,16)17)5-18-10-3-2-8(11)4-9(10)13(14)15/h2-4,7H,5-6H2,1H3,(H2,12,16,17). The largest absolute Gasteiger partial charge is 0.486 e. The van der Waals surface area contributed by atoms with Crippen molar-refractivity contribution in [3.8, 4) is 5.75 Å². The first-order chi connectivity index (χ1) is 8.69. The molecule has 2 N–H and O–H groups in total. The molecule has 0 saturated heterocycles. The Kier molecular flexibility index (Phi) is 5.27. The van der Waals surface area contributed by atoms with Gasteiger partial charge in [-0.1, -0.05) is 22.9 Å². The number of hydrogen-bond donors (Lipinski definition) is 1. The second-order valence-electron chi connectivity index (χ2n) is 4.11. The van der Waals surface area contributed by atoms with Gasteiger partial charge in [0, 0.05) is 16.5 Å². The Labute approximate surface area is 119 Å². The van der Waals surface area contributed by atoms with Crippen molar-refractivity contribution in [2.45, 2.75) is 6.92 Å².